The number of aryl methyl sites for hydroxylation is 2. The van der Waals surface area contributed by atoms with E-state index in [0.29, 0.717) is 10.8 Å². The molecule has 0 heterocycles. The van der Waals surface area contributed by atoms with Crippen LogP contribution in [0.3, 0.4) is 0 Å². The molecule has 0 unspecified atom stereocenters. The van der Waals surface area contributed by atoms with Gasteiger partial charge in [-0.15, -0.1) is 0 Å². The van der Waals surface area contributed by atoms with Gasteiger partial charge >= 0.3 is 0 Å². The van der Waals surface area contributed by atoms with Crippen LogP contribution in [0.15, 0.2) is 42.5 Å². The molecule has 0 saturated carbocycles. The summed E-state index contributed by atoms with van der Waals surface area (Å²) in [5.41, 5.74) is 2.59. The summed E-state index contributed by atoms with van der Waals surface area (Å²) in [4.78, 5) is 11.8. The highest BCUT2D eigenvalue weighted by Gasteiger charge is 2.07. The molecule has 0 atom stereocenters. The van der Waals surface area contributed by atoms with Crippen molar-refractivity contribution in [1.29, 1.82) is 0 Å². The van der Waals surface area contributed by atoms with E-state index < -0.39 is 0 Å². The minimum absolute atomic E-state index is 0.0309. The van der Waals surface area contributed by atoms with Crippen molar-refractivity contribution in [2.24, 2.45) is 0 Å². The SMILES string of the molecule is Cc1cc(OCC(=O)Nc2ccccc2)c(C)cc1Cl. The Morgan fingerprint density at radius 1 is 1.15 bits per heavy atom. The second-order valence-electron chi connectivity index (χ2n) is 4.57. The zero-order valence-corrected chi connectivity index (χ0v) is 12.2. The molecule has 1 N–H and O–H groups in total. The Hall–Kier alpha value is -2.00. The van der Waals surface area contributed by atoms with Gasteiger partial charge in [-0.25, -0.2) is 0 Å². The molecule has 0 aliphatic carbocycles. The minimum Gasteiger partial charge on any atom is -0.483 e. The van der Waals surface area contributed by atoms with Gasteiger partial charge in [-0.3, -0.25) is 4.79 Å². The lowest BCUT2D eigenvalue weighted by Crippen LogP contribution is -2.20. The van der Waals surface area contributed by atoms with Crippen LogP contribution in [0.5, 0.6) is 5.75 Å². The molecule has 3 nitrogen and oxygen atoms in total. The van der Waals surface area contributed by atoms with Gasteiger partial charge in [0.15, 0.2) is 6.61 Å². The van der Waals surface area contributed by atoms with Gasteiger partial charge in [0, 0.05) is 10.7 Å². The van der Waals surface area contributed by atoms with Gasteiger partial charge in [-0.1, -0.05) is 29.8 Å². The number of para-hydroxylation sites is 1. The van der Waals surface area contributed by atoms with Crippen molar-refractivity contribution in [3.05, 3.63) is 58.6 Å². The smallest absolute Gasteiger partial charge is 0.262 e. The van der Waals surface area contributed by atoms with E-state index in [0.717, 1.165) is 16.8 Å². The van der Waals surface area contributed by atoms with E-state index in [1.54, 1.807) is 0 Å². The zero-order chi connectivity index (χ0) is 14.5. The fourth-order valence-electron chi connectivity index (χ4n) is 1.77. The maximum Gasteiger partial charge on any atom is 0.262 e. The van der Waals surface area contributed by atoms with Crippen LogP contribution in [-0.4, -0.2) is 12.5 Å². The highest BCUT2D eigenvalue weighted by molar-refractivity contribution is 6.31. The summed E-state index contributed by atoms with van der Waals surface area (Å²) in [6.45, 7) is 3.77. The third-order valence-electron chi connectivity index (χ3n) is 2.87. The van der Waals surface area contributed by atoms with Crippen molar-refractivity contribution in [3.63, 3.8) is 0 Å². The molecule has 2 rings (SSSR count). The van der Waals surface area contributed by atoms with Crippen molar-refractivity contribution >= 4 is 23.2 Å². The zero-order valence-electron chi connectivity index (χ0n) is 11.4. The topological polar surface area (TPSA) is 38.3 Å². The minimum atomic E-state index is -0.191. The van der Waals surface area contributed by atoms with Crippen LogP contribution in [0.2, 0.25) is 5.02 Å². The first-order valence-electron chi connectivity index (χ1n) is 6.30. The molecule has 0 saturated heterocycles. The highest BCUT2D eigenvalue weighted by Crippen LogP contribution is 2.25. The average molecular weight is 290 g/mol. The number of rotatable bonds is 4. The Labute approximate surface area is 123 Å². The Balaban J connectivity index is 1.95. The Kier molecular flexibility index (Phi) is 4.64. The maximum absolute atomic E-state index is 11.8. The molecule has 4 heteroatoms. The number of amides is 1. The lowest BCUT2D eigenvalue weighted by atomic mass is 10.1. The van der Waals surface area contributed by atoms with Crippen LogP contribution in [0.25, 0.3) is 0 Å². The first-order valence-corrected chi connectivity index (χ1v) is 6.68. The standard InChI is InChI=1S/C16H16ClNO2/c1-11-9-15(12(2)8-14(11)17)20-10-16(19)18-13-6-4-3-5-7-13/h3-9H,10H2,1-2H3,(H,18,19). The lowest BCUT2D eigenvalue weighted by molar-refractivity contribution is -0.118. The van der Waals surface area contributed by atoms with Crippen LogP contribution in [-0.2, 0) is 4.79 Å². The van der Waals surface area contributed by atoms with Crippen LogP contribution in [0, 0.1) is 13.8 Å². The number of benzene rings is 2. The third-order valence-corrected chi connectivity index (χ3v) is 3.28. The van der Waals surface area contributed by atoms with E-state index in [-0.39, 0.29) is 12.5 Å². The van der Waals surface area contributed by atoms with Crippen LogP contribution >= 0.6 is 11.6 Å². The van der Waals surface area contributed by atoms with Gasteiger partial charge in [0.1, 0.15) is 5.75 Å². The summed E-state index contributed by atoms with van der Waals surface area (Å²) < 4.78 is 5.54. The number of hydrogen-bond donors (Lipinski definition) is 1. The molecular weight excluding hydrogens is 274 g/mol. The predicted molar refractivity (Wildman–Crippen MR) is 81.5 cm³/mol. The molecule has 0 bridgehead atoms. The summed E-state index contributed by atoms with van der Waals surface area (Å²) in [6.07, 6.45) is 0. The van der Waals surface area contributed by atoms with Crippen molar-refractivity contribution in [2.75, 3.05) is 11.9 Å². The van der Waals surface area contributed by atoms with Gasteiger partial charge in [-0.2, -0.15) is 0 Å². The van der Waals surface area contributed by atoms with E-state index in [1.165, 1.54) is 0 Å². The van der Waals surface area contributed by atoms with Gasteiger partial charge in [0.2, 0.25) is 0 Å². The van der Waals surface area contributed by atoms with E-state index in [9.17, 15) is 4.79 Å². The number of halogens is 1. The van der Waals surface area contributed by atoms with Crippen LogP contribution < -0.4 is 10.1 Å². The largest absolute Gasteiger partial charge is 0.483 e. The van der Waals surface area contributed by atoms with Gasteiger partial charge < -0.3 is 10.1 Å². The Morgan fingerprint density at radius 2 is 1.85 bits per heavy atom. The monoisotopic (exact) mass is 289 g/mol. The number of carbonyl (C=O) groups is 1. The molecule has 0 aromatic heterocycles. The molecule has 2 aromatic rings. The van der Waals surface area contributed by atoms with Crippen molar-refractivity contribution < 1.29 is 9.53 Å². The predicted octanol–water partition coefficient (Wildman–Crippen LogP) is 3.97. The average Bonchev–Trinajstić information content (AvgIpc) is 2.42. The molecule has 1 amide bonds. The summed E-state index contributed by atoms with van der Waals surface area (Å²) in [7, 11) is 0. The van der Waals surface area contributed by atoms with E-state index in [4.69, 9.17) is 16.3 Å². The summed E-state index contributed by atoms with van der Waals surface area (Å²) in [6, 6.07) is 13.0. The first kappa shape index (κ1) is 14.4. The van der Waals surface area contributed by atoms with E-state index in [2.05, 4.69) is 5.32 Å². The normalized spacial score (nSPS) is 10.2. The summed E-state index contributed by atoms with van der Waals surface area (Å²) >= 11 is 6.02. The van der Waals surface area contributed by atoms with Gasteiger partial charge in [0.05, 0.1) is 0 Å². The van der Waals surface area contributed by atoms with Gasteiger partial charge in [-0.05, 0) is 49.2 Å². The number of ether oxygens (including phenoxy) is 1. The molecule has 0 aliphatic heterocycles. The van der Waals surface area contributed by atoms with Crippen molar-refractivity contribution in [3.8, 4) is 5.75 Å². The van der Waals surface area contributed by atoms with Crippen LogP contribution in [0.4, 0.5) is 5.69 Å². The van der Waals surface area contributed by atoms with E-state index >= 15 is 0 Å². The molecule has 0 spiro atoms. The fourth-order valence-corrected chi connectivity index (χ4v) is 1.99. The number of anilines is 1. The van der Waals surface area contributed by atoms with Crippen molar-refractivity contribution in [1.82, 2.24) is 0 Å². The highest BCUT2D eigenvalue weighted by atomic mass is 35.5. The quantitative estimate of drug-likeness (QED) is 0.925. The summed E-state index contributed by atoms with van der Waals surface area (Å²) in [5.74, 6) is 0.485. The fraction of sp³-hybridized carbons (Fsp3) is 0.188. The number of hydrogen-bond acceptors (Lipinski definition) is 2. The Morgan fingerprint density at radius 3 is 2.55 bits per heavy atom. The van der Waals surface area contributed by atoms with Crippen LogP contribution in [0.1, 0.15) is 11.1 Å². The molecule has 104 valence electrons. The second-order valence-corrected chi connectivity index (χ2v) is 4.98. The molecule has 0 fully saturated rings. The molecular formula is C16H16ClNO2. The Bertz CT molecular complexity index is 611. The number of nitrogens with one attached hydrogen (secondary N) is 1. The molecule has 2 aromatic carbocycles. The molecule has 0 aliphatic rings. The maximum atomic E-state index is 11.8. The lowest BCUT2D eigenvalue weighted by Gasteiger charge is -2.11. The van der Waals surface area contributed by atoms with E-state index in [1.807, 2.05) is 56.3 Å². The van der Waals surface area contributed by atoms with Crippen molar-refractivity contribution in [2.45, 2.75) is 13.8 Å². The molecule has 20 heavy (non-hydrogen) atoms. The third kappa shape index (κ3) is 3.75. The first-order chi connectivity index (χ1) is 9.56. The summed E-state index contributed by atoms with van der Waals surface area (Å²) in [5, 5.41) is 3.47. The molecule has 0 radical (unpaired) electrons. The second kappa shape index (κ2) is 6.44. The van der Waals surface area contributed by atoms with Gasteiger partial charge in [0.25, 0.3) is 5.91 Å². The number of carbonyl (C=O) groups excluding carboxylic acids is 1.